The van der Waals surface area contributed by atoms with Gasteiger partial charge in [-0.2, -0.15) is 0 Å². The van der Waals surface area contributed by atoms with E-state index in [1.54, 1.807) is 29.2 Å². The Kier molecular flexibility index (Phi) is 6.11. The molecular weight excluding hydrogens is 346 g/mol. The third-order valence-electron chi connectivity index (χ3n) is 5.40. The smallest absolute Gasteiger partial charge is 0.251 e. The molecule has 146 valence electrons. The van der Waals surface area contributed by atoms with Crippen LogP contribution in [0, 0.1) is 0 Å². The second-order valence-electron chi connectivity index (χ2n) is 7.12. The zero-order valence-electron chi connectivity index (χ0n) is 15.8. The highest BCUT2D eigenvalue weighted by molar-refractivity contribution is 5.96. The first kappa shape index (κ1) is 19.4. The topological polar surface area (TPSA) is 78.9 Å². The summed E-state index contributed by atoms with van der Waals surface area (Å²) in [6.07, 6.45) is 1.83. The zero-order chi connectivity index (χ0) is 19.3. The minimum Gasteiger partial charge on any atom is -0.372 e. The Morgan fingerprint density at radius 1 is 1.19 bits per heavy atom. The average Bonchev–Trinajstić information content (AvgIpc) is 2.85. The number of benzene rings is 1. The summed E-state index contributed by atoms with van der Waals surface area (Å²) in [7, 11) is 0. The van der Waals surface area contributed by atoms with Crippen LogP contribution < -0.4 is 5.32 Å². The molecule has 1 N–H and O–H groups in total. The number of hydrogen-bond donors (Lipinski definition) is 1. The maximum atomic E-state index is 12.5. The number of carbonyl (C=O) groups is 3. The van der Waals surface area contributed by atoms with E-state index in [-0.39, 0.29) is 29.9 Å². The fraction of sp³-hybridized carbons (Fsp3) is 0.550. The van der Waals surface area contributed by atoms with Crippen LogP contribution in [0.5, 0.6) is 0 Å². The normalized spacial score (nSPS) is 19.7. The van der Waals surface area contributed by atoms with Crippen molar-refractivity contribution in [1.29, 1.82) is 0 Å². The first-order valence-corrected chi connectivity index (χ1v) is 9.56. The summed E-state index contributed by atoms with van der Waals surface area (Å²) >= 11 is 0. The predicted molar refractivity (Wildman–Crippen MR) is 100 cm³/mol. The summed E-state index contributed by atoms with van der Waals surface area (Å²) in [4.78, 5) is 40.2. The zero-order valence-corrected chi connectivity index (χ0v) is 15.8. The Labute approximate surface area is 159 Å². The molecule has 1 aromatic rings. The van der Waals surface area contributed by atoms with Crippen molar-refractivity contribution in [3.8, 4) is 0 Å². The summed E-state index contributed by atoms with van der Waals surface area (Å²) in [5.41, 5.74) is 0.186. The molecule has 1 aromatic carbocycles. The van der Waals surface area contributed by atoms with Crippen molar-refractivity contribution in [2.45, 2.75) is 31.8 Å². The Morgan fingerprint density at radius 2 is 1.89 bits per heavy atom. The van der Waals surface area contributed by atoms with Crippen LogP contribution in [0.2, 0.25) is 0 Å². The van der Waals surface area contributed by atoms with Crippen molar-refractivity contribution < 1.29 is 19.1 Å². The number of likely N-dealkylation sites (tertiary alicyclic amines) is 1. The maximum absolute atomic E-state index is 12.5. The number of piperidine rings is 1. The highest BCUT2D eigenvalue weighted by atomic mass is 16.5. The SMILES string of the molecule is CCN1CC2(CCN(C(=O)CNC(=O)c3ccccc3)CC2)OCCC1=O. The second kappa shape index (κ2) is 8.52. The molecule has 0 bridgehead atoms. The molecule has 2 aliphatic heterocycles. The van der Waals surface area contributed by atoms with Gasteiger partial charge < -0.3 is 19.9 Å². The van der Waals surface area contributed by atoms with Gasteiger partial charge in [0.15, 0.2) is 0 Å². The number of likely N-dealkylation sites (N-methyl/N-ethyl adjacent to an activating group) is 1. The minimum atomic E-state index is -0.355. The van der Waals surface area contributed by atoms with Gasteiger partial charge in [0, 0.05) is 31.7 Å². The third-order valence-corrected chi connectivity index (χ3v) is 5.40. The van der Waals surface area contributed by atoms with E-state index in [4.69, 9.17) is 4.74 Å². The largest absolute Gasteiger partial charge is 0.372 e. The van der Waals surface area contributed by atoms with Gasteiger partial charge in [-0.15, -0.1) is 0 Å². The van der Waals surface area contributed by atoms with E-state index in [9.17, 15) is 14.4 Å². The predicted octanol–water partition coefficient (Wildman–Crippen LogP) is 1.05. The number of ether oxygens (including phenoxy) is 1. The molecule has 3 rings (SSSR count). The van der Waals surface area contributed by atoms with Crippen LogP contribution in [-0.4, -0.2) is 72.5 Å². The molecule has 0 aliphatic carbocycles. The molecule has 0 unspecified atom stereocenters. The summed E-state index contributed by atoms with van der Waals surface area (Å²) < 4.78 is 6.05. The van der Waals surface area contributed by atoms with E-state index < -0.39 is 0 Å². The van der Waals surface area contributed by atoms with Crippen LogP contribution in [0.25, 0.3) is 0 Å². The molecule has 2 aliphatic rings. The van der Waals surface area contributed by atoms with Gasteiger partial charge in [-0.3, -0.25) is 14.4 Å². The molecular formula is C20H27N3O4. The lowest BCUT2D eigenvalue weighted by atomic mass is 9.90. The van der Waals surface area contributed by atoms with Crippen LogP contribution >= 0.6 is 0 Å². The van der Waals surface area contributed by atoms with Crippen molar-refractivity contribution >= 4 is 17.7 Å². The lowest BCUT2D eigenvalue weighted by Crippen LogP contribution is -2.54. The van der Waals surface area contributed by atoms with E-state index in [1.165, 1.54) is 0 Å². The Hall–Kier alpha value is -2.41. The number of amides is 3. The van der Waals surface area contributed by atoms with Crippen molar-refractivity contribution in [2.24, 2.45) is 0 Å². The highest BCUT2D eigenvalue weighted by Crippen LogP contribution is 2.30. The molecule has 0 aromatic heterocycles. The van der Waals surface area contributed by atoms with E-state index in [0.717, 1.165) is 0 Å². The quantitative estimate of drug-likeness (QED) is 0.856. The fourth-order valence-electron chi connectivity index (χ4n) is 3.71. The molecule has 0 radical (unpaired) electrons. The fourth-order valence-corrected chi connectivity index (χ4v) is 3.71. The van der Waals surface area contributed by atoms with Gasteiger partial charge in [0.25, 0.3) is 5.91 Å². The van der Waals surface area contributed by atoms with Gasteiger partial charge >= 0.3 is 0 Å². The highest BCUT2D eigenvalue weighted by Gasteiger charge is 2.40. The lowest BCUT2D eigenvalue weighted by Gasteiger charge is -2.42. The van der Waals surface area contributed by atoms with Crippen LogP contribution in [0.15, 0.2) is 30.3 Å². The number of nitrogens with one attached hydrogen (secondary N) is 1. The van der Waals surface area contributed by atoms with Crippen LogP contribution in [0.4, 0.5) is 0 Å². The first-order chi connectivity index (χ1) is 13.0. The summed E-state index contributed by atoms with van der Waals surface area (Å²) in [5, 5.41) is 2.68. The molecule has 2 saturated heterocycles. The van der Waals surface area contributed by atoms with Crippen LogP contribution in [-0.2, 0) is 14.3 Å². The Morgan fingerprint density at radius 3 is 2.56 bits per heavy atom. The number of carbonyl (C=O) groups excluding carboxylic acids is 3. The van der Waals surface area contributed by atoms with Gasteiger partial charge in [0.2, 0.25) is 11.8 Å². The van der Waals surface area contributed by atoms with Gasteiger partial charge in [-0.1, -0.05) is 18.2 Å². The van der Waals surface area contributed by atoms with Gasteiger partial charge in [0.1, 0.15) is 0 Å². The van der Waals surface area contributed by atoms with Gasteiger partial charge in [-0.05, 0) is 31.9 Å². The molecule has 2 fully saturated rings. The third kappa shape index (κ3) is 4.66. The molecule has 2 heterocycles. The van der Waals surface area contributed by atoms with Gasteiger partial charge in [0.05, 0.1) is 25.2 Å². The molecule has 0 atom stereocenters. The molecule has 7 nitrogen and oxygen atoms in total. The first-order valence-electron chi connectivity index (χ1n) is 9.56. The molecule has 0 saturated carbocycles. The molecule has 7 heteroatoms. The van der Waals surface area contributed by atoms with Crippen LogP contribution in [0.1, 0.15) is 36.5 Å². The minimum absolute atomic E-state index is 0.0127. The summed E-state index contributed by atoms with van der Waals surface area (Å²) in [5.74, 6) is -0.204. The monoisotopic (exact) mass is 373 g/mol. The summed E-state index contributed by atoms with van der Waals surface area (Å²) in [6.45, 7) is 4.83. The second-order valence-corrected chi connectivity index (χ2v) is 7.12. The number of hydrogen-bond acceptors (Lipinski definition) is 4. The van der Waals surface area contributed by atoms with Crippen molar-refractivity contribution in [3.05, 3.63) is 35.9 Å². The van der Waals surface area contributed by atoms with Crippen molar-refractivity contribution in [2.75, 3.05) is 39.3 Å². The van der Waals surface area contributed by atoms with Crippen molar-refractivity contribution in [1.82, 2.24) is 15.1 Å². The maximum Gasteiger partial charge on any atom is 0.251 e. The average molecular weight is 373 g/mol. The van der Waals surface area contributed by atoms with Crippen molar-refractivity contribution in [3.63, 3.8) is 0 Å². The number of rotatable bonds is 4. The molecule has 3 amide bonds. The Bertz CT molecular complexity index is 684. The van der Waals surface area contributed by atoms with Gasteiger partial charge in [-0.25, -0.2) is 0 Å². The molecule has 27 heavy (non-hydrogen) atoms. The van der Waals surface area contributed by atoms with E-state index in [0.29, 0.717) is 57.6 Å². The van der Waals surface area contributed by atoms with E-state index >= 15 is 0 Å². The standard InChI is InChI=1S/C20H27N3O4/c1-2-22-15-20(27-13-8-17(22)24)9-11-23(12-10-20)18(25)14-21-19(26)16-6-4-3-5-7-16/h3-7H,2,8-15H2,1H3,(H,21,26). The Balaban J connectivity index is 1.50. The lowest BCUT2D eigenvalue weighted by molar-refractivity contribution is -0.139. The molecule has 1 spiro atoms. The van der Waals surface area contributed by atoms with E-state index in [2.05, 4.69) is 5.32 Å². The number of nitrogens with zero attached hydrogens (tertiary/aromatic N) is 2. The summed E-state index contributed by atoms with van der Waals surface area (Å²) in [6, 6.07) is 8.85. The van der Waals surface area contributed by atoms with Crippen LogP contribution in [0.3, 0.4) is 0 Å². The van der Waals surface area contributed by atoms with E-state index in [1.807, 2.05) is 17.9 Å².